The predicted molar refractivity (Wildman–Crippen MR) is 126 cm³/mol. The van der Waals surface area contributed by atoms with Gasteiger partial charge in [0.1, 0.15) is 5.54 Å². The largest absolute Gasteiger partial charge is 0.369 e. The van der Waals surface area contributed by atoms with Gasteiger partial charge in [-0.05, 0) is 62.0 Å². The lowest BCUT2D eigenvalue weighted by Gasteiger charge is -2.35. The summed E-state index contributed by atoms with van der Waals surface area (Å²) in [5.74, 6) is 1.69. The second kappa shape index (κ2) is 8.58. The third-order valence-electron chi connectivity index (χ3n) is 6.66. The van der Waals surface area contributed by atoms with E-state index in [1.165, 1.54) is 11.3 Å². The number of hydrogen-bond donors (Lipinski definition) is 1. The van der Waals surface area contributed by atoms with Crippen LogP contribution in [0.1, 0.15) is 58.4 Å². The molecule has 4 rings (SSSR count). The quantitative estimate of drug-likeness (QED) is 0.695. The Kier molecular flexibility index (Phi) is 6.19. The van der Waals surface area contributed by atoms with Crippen LogP contribution >= 0.6 is 0 Å². The summed E-state index contributed by atoms with van der Waals surface area (Å²) >= 11 is 0. The van der Waals surface area contributed by atoms with Crippen LogP contribution in [0.15, 0.2) is 46.6 Å². The Balaban J connectivity index is 1.39. The Labute approximate surface area is 187 Å². The summed E-state index contributed by atoms with van der Waals surface area (Å²) in [5.41, 5.74) is 9.87. The van der Waals surface area contributed by atoms with Crippen LogP contribution < -0.4 is 5.73 Å². The summed E-state index contributed by atoms with van der Waals surface area (Å²) in [4.78, 5) is 7.16. The highest BCUT2D eigenvalue weighted by Crippen LogP contribution is 2.45. The molecule has 0 spiro atoms. The average molecular weight is 445 g/mol. The SMILES string of the molecule is CC(C)CC1(C)N=C(N)N(CC2CCN(S(=O)(=O)Cc3ccccc3)CC2)C1=C1CC1. The molecular weight excluding hydrogens is 408 g/mol. The van der Waals surface area contributed by atoms with Gasteiger partial charge in [-0.3, -0.25) is 0 Å². The Morgan fingerprint density at radius 1 is 1.16 bits per heavy atom. The van der Waals surface area contributed by atoms with Crippen LogP contribution in [0.2, 0.25) is 0 Å². The van der Waals surface area contributed by atoms with Crippen molar-refractivity contribution in [3.63, 3.8) is 0 Å². The van der Waals surface area contributed by atoms with Crippen LogP contribution in [0.4, 0.5) is 0 Å². The van der Waals surface area contributed by atoms with Gasteiger partial charge in [0.05, 0.1) is 5.75 Å². The fraction of sp³-hybridized carbons (Fsp3) is 0.625. The van der Waals surface area contributed by atoms with Crippen LogP contribution in [-0.2, 0) is 15.8 Å². The van der Waals surface area contributed by atoms with E-state index in [0.717, 1.165) is 44.2 Å². The lowest BCUT2D eigenvalue weighted by Crippen LogP contribution is -2.44. The molecule has 1 saturated carbocycles. The van der Waals surface area contributed by atoms with E-state index < -0.39 is 10.0 Å². The summed E-state index contributed by atoms with van der Waals surface area (Å²) < 4.78 is 27.4. The number of rotatable bonds is 7. The summed E-state index contributed by atoms with van der Waals surface area (Å²) in [5, 5.41) is 0. The molecule has 0 radical (unpaired) electrons. The molecule has 1 saturated heterocycles. The number of guanidine groups is 1. The molecule has 7 heteroatoms. The summed E-state index contributed by atoms with van der Waals surface area (Å²) in [7, 11) is -3.28. The van der Waals surface area contributed by atoms with Gasteiger partial charge in [-0.15, -0.1) is 0 Å². The molecule has 3 aliphatic rings. The van der Waals surface area contributed by atoms with E-state index in [9.17, 15) is 8.42 Å². The van der Waals surface area contributed by atoms with Crippen LogP contribution in [0.3, 0.4) is 0 Å². The number of nitrogens with zero attached hydrogens (tertiary/aromatic N) is 3. The number of hydrogen-bond acceptors (Lipinski definition) is 5. The number of benzene rings is 1. The maximum Gasteiger partial charge on any atom is 0.218 e. The minimum absolute atomic E-state index is 0.0774. The first-order valence-electron chi connectivity index (χ1n) is 11.5. The molecule has 2 heterocycles. The van der Waals surface area contributed by atoms with Gasteiger partial charge in [0.15, 0.2) is 5.96 Å². The number of allylic oxidation sites excluding steroid dienone is 1. The van der Waals surface area contributed by atoms with Crippen molar-refractivity contribution in [1.82, 2.24) is 9.21 Å². The lowest BCUT2D eigenvalue weighted by atomic mass is 9.87. The molecule has 170 valence electrons. The van der Waals surface area contributed by atoms with E-state index in [-0.39, 0.29) is 11.3 Å². The number of aliphatic imine (C=N–C) groups is 1. The Bertz CT molecular complexity index is 957. The van der Waals surface area contributed by atoms with Gasteiger partial charge in [-0.2, -0.15) is 0 Å². The van der Waals surface area contributed by atoms with Crippen molar-refractivity contribution in [3.8, 4) is 0 Å². The normalized spacial score (nSPS) is 25.4. The fourth-order valence-electron chi connectivity index (χ4n) is 5.27. The topological polar surface area (TPSA) is 79.0 Å². The van der Waals surface area contributed by atoms with E-state index in [1.807, 2.05) is 30.3 Å². The third-order valence-corrected chi connectivity index (χ3v) is 8.51. The fourth-order valence-corrected chi connectivity index (χ4v) is 6.83. The molecule has 1 aromatic carbocycles. The molecule has 1 unspecified atom stereocenters. The molecule has 2 aliphatic heterocycles. The van der Waals surface area contributed by atoms with E-state index in [4.69, 9.17) is 10.7 Å². The maximum atomic E-state index is 12.9. The number of sulfonamides is 1. The number of nitrogens with two attached hydrogens (primary N) is 1. The summed E-state index contributed by atoms with van der Waals surface area (Å²) in [6.45, 7) is 8.70. The van der Waals surface area contributed by atoms with Crippen molar-refractivity contribution in [2.45, 2.75) is 64.2 Å². The smallest absolute Gasteiger partial charge is 0.218 e. The van der Waals surface area contributed by atoms with Crippen molar-refractivity contribution >= 4 is 16.0 Å². The second-order valence-electron chi connectivity index (χ2n) is 9.99. The summed E-state index contributed by atoms with van der Waals surface area (Å²) in [6, 6.07) is 9.43. The van der Waals surface area contributed by atoms with Crippen molar-refractivity contribution < 1.29 is 8.42 Å². The monoisotopic (exact) mass is 444 g/mol. The molecule has 0 amide bonds. The van der Waals surface area contributed by atoms with E-state index in [2.05, 4.69) is 25.7 Å². The van der Waals surface area contributed by atoms with Crippen LogP contribution in [0.25, 0.3) is 0 Å². The average Bonchev–Trinajstić information content (AvgIpc) is 3.49. The maximum absolute atomic E-state index is 12.9. The first-order chi connectivity index (χ1) is 14.7. The molecule has 1 atom stereocenters. The van der Waals surface area contributed by atoms with Gasteiger partial charge < -0.3 is 10.6 Å². The van der Waals surface area contributed by atoms with Crippen molar-refractivity contribution in [2.75, 3.05) is 19.6 Å². The van der Waals surface area contributed by atoms with Gasteiger partial charge in [-0.1, -0.05) is 44.2 Å². The van der Waals surface area contributed by atoms with E-state index in [1.54, 1.807) is 4.31 Å². The van der Waals surface area contributed by atoms with Gasteiger partial charge in [0, 0.05) is 25.3 Å². The van der Waals surface area contributed by atoms with Crippen molar-refractivity contribution in [2.24, 2.45) is 22.6 Å². The lowest BCUT2D eigenvalue weighted by molar-refractivity contribution is 0.240. The summed E-state index contributed by atoms with van der Waals surface area (Å²) in [6.07, 6.45) is 5.03. The van der Waals surface area contributed by atoms with Gasteiger partial charge >= 0.3 is 0 Å². The zero-order chi connectivity index (χ0) is 22.2. The van der Waals surface area contributed by atoms with Crippen LogP contribution in [0, 0.1) is 11.8 Å². The van der Waals surface area contributed by atoms with Crippen molar-refractivity contribution in [1.29, 1.82) is 0 Å². The Morgan fingerprint density at radius 2 is 1.81 bits per heavy atom. The van der Waals surface area contributed by atoms with Gasteiger partial charge in [-0.25, -0.2) is 17.7 Å². The highest BCUT2D eigenvalue weighted by molar-refractivity contribution is 7.88. The highest BCUT2D eigenvalue weighted by atomic mass is 32.2. The second-order valence-corrected chi connectivity index (χ2v) is 12.0. The van der Waals surface area contributed by atoms with Crippen molar-refractivity contribution in [3.05, 3.63) is 47.2 Å². The Hall–Kier alpha value is -1.86. The molecule has 2 fully saturated rings. The molecule has 0 bridgehead atoms. The Morgan fingerprint density at radius 3 is 2.39 bits per heavy atom. The van der Waals surface area contributed by atoms with Crippen LogP contribution in [-0.4, -0.2) is 48.8 Å². The van der Waals surface area contributed by atoms with E-state index in [0.29, 0.717) is 30.9 Å². The minimum Gasteiger partial charge on any atom is -0.369 e. The highest BCUT2D eigenvalue weighted by Gasteiger charge is 2.44. The van der Waals surface area contributed by atoms with Crippen LogP contribution in [0.5, 0.6) is 0 Å². The molecule has 0 aromatic heterocycles. The number of piperidine rings is 1. The molecular formula is C24H36N4O2S. The molecule has 31 heavy (non-hydrogen) atoms. The molecule has 1 aliphatic carbocycles. The zero-order valence-electron chi connectivity index (χ0n) is 19.0. The van der Waals surface area contributed by atoms with Gasteiger partial charge in [0.25, 0.3) is 0 Å². The zero-order valence-corrected chi connectivity index (χ0v) is 19.9. The molecule has 1 aromatic rings. The van der Waals surface area contributed by atoms with Gasteiger partial charge in [0.2, 0.25) is 10.0 Å². The molecule has 2 N–H and O–H groups in total. The predicted octanol–water partition coefficient (Wildman–Crippen LogP) is 3.71. The minimum atomic E-state index is -3.28. The molecule has 6 nitrogen and oxygen atoms in total. The van der Waals surface area contributed by atoms with E-state index >= 15 is 0 Å². The first kappa shape index (κ1) is 22.3. The first-order valence-corrected chi connectivity index (χ1v) is 13.2. The standard InChI is InChI=1S/C24H36N4O2S/c1-18(2)15-24(3)22(21-9-10-21)28(23(25)26-24)16-19-11-13-27(14-12-19)31(29,30)17-20-7-5-4-6-8-20/h4-8,18-19H,9-17H2,1-3H3,(H2,25,26). The third kappa shape index (κ3) is 4.98.